The Kier molecular flexibility index (Phi) is 9.28. The van der Waals surface area contributed by atoms with Crippen molar-refractivity contribution in [3.63, 3.8) is 0 Å². The lowest BCUT2D eigenvalue weighted by atomic mass is 10.1. The van der Waals surface area contributed by atoms with Crippen LogP contribution in [0.15, 0.2) is 0 Å². The van der Waals surface area contributed by atoms with E-state index in [-0.39, 0.29) is 19.3 Å². The summed E-state index contributed by atoms with van der Waals surface area (Å²) in [4.78, 5) is 39.1. The lowest BCUT2D eigenvalue weighted by Gasteiger charge is -1.98. The quantitative estimate of drug-likeness (QED) is 0.519. The number of hydrogen-bond donors (Lipinski definition) is 4. The molecule has 0 heterocycles. The number of carboxylic acids is 4. The molecule has 0 aromatic carbocycles. The third-order valence-corrected chi connectivity index (χ3v) is 1.46. The first-order valence-corrected chi connectivity index (χ1v) is 4.55. The molecule has 0 rings (SSSR count). The molecule has 8 heteroatoms. The molecule has 1 atom stereocenters. The Balaban J connectivity index is 0. The molecule has 0 saturated carbocycles. The summed E-state index contributed by atoms with van der Waals surface area (Å²) in [6.07, 6.45) is -0.903. The van der Waals surface area contributed by atoms with Gasteiger partial charge in [-0.25, -0.2) is 0 Å². The van der Waals surface area contributed by atoms with Gasteiger partial charge >= 0.3 is 23.9 Å². The van der Waals surface area contributed by atoms with Gasteiger partial charge in [-0.05, 0) is 0 Å². The molecule has 0 amide bonds. The second-order valence-corrected chi connectivity index (χ2v) is 3.12. The van der Waals surface area contributed by atoms with Gasteiger partial charge in [0.25, 0.3) is 0 Å². The van der Waals surface area contributed by atoms with Crippen LogP contribution in [0.5, 0.6) is 0 Å². The van der Waals surface area contributed by atoms with Crippen molar-refractivity contribution in [2.24, 2.45) is 5.92 Å². The minimum atomic E-state index is -1.08. The molecular formula is C9H14O8. The maximum atomic E-state index is 9.97. The summed E-state index contributed by atoms with van der Waals surface area (Å²) in [5, 5.41) is 32.0. The number of rotatable bonds is 6. The van der Waals surface area contributed by atoms with Crippen molar-refractivity contribution < 1.29 is 39.6 Å². The Morgan fingerprint density at radius 1 is 0.824 bits per heavy atom. The molecule has 0 fully saturated rings. The van der Waals surface area contributed by atoms with Crippen LogP contribution in [0.2, 0.25) is 0 Å². The van der Waals surface area contributed by atoms with E-state index in [1.165, 1.54) is 6.92 Å². The van der Waals surface area contributed by atoms with Gasteiger partial charge in [0.05, 0.1) is 25.2 Å². The van der Waals surface area contributed by atoms with Gasteiger partial charge in [0.2, 0.25) is 0 Å². The fourth-order valence-electron chi connectivity index (χ4n) is 0.563. The predicted octanol–water partition coefficient (Wildman–Crippen LogP) is 0.118. The van der Waals surface area contributed by atoms with E-state index in [1.54, 1.807) is 0 Å². The van der Waals surface area contributed by atoms with Crippen molar-refractivity contribution in [2.45, 2.75) is 26.2 Å². The smallest absolute Gasteiger partial charge is 0.306 e. The minimum Gasteiger partial charge on any atom is -0.481 e. The van der Waals surface area contributed by atoms with Gasteiger partial charge in [-0.2, -0.15) is 0 Å². The Morgan fingerprint density at radius 2 is 1.18 bits per heavy atom. The van der Waals surface area contributed by atoms with E-state index in [1.807, 2.05) is 0 Å². The summed E-state index contributed by atoms with van der Waals surface area (Å²) in [6.45, 7) is 1.36. The van der Waals surface area contributed by atoms with Gasteiger partial charge in [0.15, 0.2) is 0 Å². The summed E-state index contributed by atoms with van der Waals surface area (Å²) in [6, 6.07) is 0. The fourth-order valence-corrected chi connectivity index (χ4v) is 0.563. The van der Waals surface area contributed by atoms with E-state index in [0.717, 1.165) is 0 Å². The van der Waals surface area contributed by atoms with Crippen LogP contribution < -0.4 is 0 Å². The second kappa shape index (κ2) is 9.13. The summed E-state index contributed by atoms with van der Waals surface area (Å²) in [5.41, 5.74) is 0. The van der Waals surface area contributed by atoms with Gasteiger partial charge in [-0.15, -0.1) is 0 Å². The first-order valence-electron chi connectivity index (χ1n) is 4.55. The van der Waals surface area contributed by atoms with Crippen LogP contribution in [-0.2, 0) is 19.2 Å². The van der Waals surface area contributed by atoms with Crippen LogP contribution >= 0.6 is 0 Å². The number of carbonyl (C=O) groups is 4. The molecule has 0 aromatic rings. The minimum absolute atomic E-state index is 0.296. The Bertz CT molecular complexity index is 281. The summed E-state index contributed by atoms with van der Waals surface area (Å²) in [5.74, 6) is -5.09. The van der Waals surface area contributed by atoms with Crippen molar-refractivity contribution in [1.29, 1.82) is 0 Å². The zero-order valence-electron chi connectivity index (χ0n) is 9.12. The van der Waals surface area contributed by atoms with Crippen LogP contribution in [0, 0.1) is 5.92 Å². The number of aliphatic carboxylic acids is 4. The van der Waals surface area contributed by atoms with Crippen LogP contribution in [0.1, 0.15) is 26.2 Å². The SMILES string of the molecule is CC(CC(=O)O)C(=O)O.O=C(O)CCC(=O)O. The standard InChI is InChI=1S/C5H8O4.C4H6O4/c1-3(5(8)9)2-4(6)7;5-3(6)1-2-4(7)8/h3H,2H2,1H3,(H,6,7)(H,8,9);1-2H2,(H,5,6)(H,7,8). The Hall–Kier alpha value is -2.12. The van der Waals surface area contributed by atoms with Crippen LogP contribution in [0.25, 0.3) is 0 Å². The molecule has 0 saturated heterocycles. The Morgan fingerprint density at radius 3 is 1.29 bits per heavy atom. The first-order chi connectivity index (χ1) is 7.66. The lowest BCUT2D eigenvalue weighted by Crippen LogP contribution is -2.13. The van der Waals surface area contributed by atoms with Crippen molar-refractivity contribution >= 4 is 23.9 Å². The molecule has 4 N–H and O–H groups in total. The van der Waals surface area contributed by atoms with Gasteiger partial charge in [0, 0.05) is 0 Å². The molecule has 17 heavy (non-hydrogen) atoms. The van der Waals surface area contributed by atoms with Gasteiger partial charge in [-0.3, -0.25) is 19.2 Å². The van der Waals surface area contributed by atoms with Crippen LogP contribution in [0.4, 0.5) is 0 Å². The van der Waals surface area contributed by atoms with Crippen LogP contribution in [0.3, 0.4) is 0 Å². The molecule has 98 valence electrons. The van der Waals surface area contributed by atoms with E-state index >= 15 is 0 Å². The fraction of sp³-hybridized carbons (Fsp3) is 0.556. The summed E-state index contributed by atoms with van der Waals surface area (Å²) < 4.78 is 0. The number of carboxylic acid groups (broad SMARTS) is 4. The summed E-state index contributed by atoms with van der Waals surface area (Å²) in [7, 11) is 0. The van der Waals surface area contributed by atoms with Crippen LogP contribution in [-0.4, -0.2) is 44.3 Å². The van der Waals surface area contributed by atoms with Crippen molar-refractivity contribution in [3.05, 3.63) is 0 Å². The highest BCUT2D eigenvalue weighted by atomic mass is 16.4. The monoisotopic (exact) mass is 250 g/mol. The van der Waals surface area contributed by atoms with E-state index in [4.69, 9.17) is 20.4 Å². The molecule has 0 bridgehead atoms. The van der Waals surface area contributed by atoms with Gasteiger partial charge in [0.1, 0.15) is 0 Å². The Labute approximate surface area is 96.5 Å². The maximum Gasteiger partial charge on any atom is 0.306 e. The molecule has 0 spiro atoms. The van der Waals surface area contributed by atoms with E-state index in [0.29, 0.717) is 0 Å². The zero-order valence-corrected chi connectivity index (χ0v) is 9.12. The van der Waals surface area contributed by atoms with Gasteiger partial charge < -0.3 is 20.4 Å². The maximum absolute atomic E-state index is 9.97. The third kappa shape index (κ3) is 16.5. The van der Waals surface area contributed by atoms with Crippen molar-refractivity contribution in [2.75, 3.05) is 0 Å². The highest BCUT2D eigenvalue weighted by Gasteiger charge is 2.13. The van der Waals surface area contributed by atoms with Crippen molar-refractivity contribution in [1.82, 2.24) is 0 Å². The molecular weight excluding hydrogens is 236 g/mol. The topological polar surface area (TPSA) is 149 Å². The van der Waals surface area contributed by atoms with Crippen molar-refractivity contribution in [3.8, 4) is 0 Å². The molecule has 1 unspecified atom stereocenters. The molecule has 0 aliphatic heterocycles. The molecule has 0 aliphatic carbocycles. The first kappa shape index (κ1) is 17.3. The van der Waals surface area contributed by atoms with E-state index < -0.39 is 29.8 Å². The normalized spacial score (nSPS) is 10.6. The molecule has 0 radical (unpaired) electrons. The zero-order chi connectivity index (χ0) is 14.0. The largest absolute Gasteiger partial charge is 0.481 e. The average molecular weight is 250 g/mol. The molecule has 8 nitrogen and oxygen atoms in total. The van der Waals surface area contributed by atoms with Gasteiger partial charge in [-0.1, -0.05) is 6.92 Å². The molecule has 0 aliphatic rings. The predicted molar refractivity (Wildman–Crippen MR) is 53.6 cm³/mol. The molecule has 0 aromatic heterocycles. The van der Waals surface area contributed by atoms with E-state index in [9.17, 15) is 19.2 Å². The number of hydrogen-bond acceptors (Lipinski definition) is 4. The summed E-state index contributed by atoms with van der Waals surface area (Å²) >= 11 is 0. The highest BCUT2D eigenvalue weighted by Crippen LogP contribution is 1.99. The third-order valence-electron chi connectivity index (χ3n) is 1.46. The average Bonchev–Trinajstić information content (AvgIpc) is 2.14. The van der Waals surface area contributed by atoms with E-state index in [2.05, 4.69) is 0 Å². The lowest BCUT2D eigenvalue weighted by molar-refractivity contribution is -0.147. The second-order valence-electron chi connectivity index (χ2n) is 3.12. The highest BCUT2D eigenvalue weighted by molar-refractivity contribution is 5.77.